The summed E-state index contributed by atoms with van der Waals surface area (Å²) in [7, 11) is 0. The van der Waals surface area contributed by atoms with Crippen LogP contribution < -0.4 is 5.32 Å². The number of hydrogen-bond acceptors (Lipinski definition) is 2. The Morgan fingerprint density at radius 1 is 1.21 bits per heavy atom. The number of nitrogens with one attached hydrogen (secondary N) is 1. The highest BCUT2D eigenvalue weighted by atomic mass is 32.2. The van der Waals surface area contributed by atoms with Gasteiger partial charge in [-0.15, -0.1) is 0 Å². The molecule has 1 aromatic carbocycles. The van der Waals surface area contributed by atoms with Gasteiger partial charge in [0.05, 0.1) is 5.03 Å². The lowest BCUT2D eigenvalue weighted by atomic mass is 10.2. The van der Waals surface area contributed by atoms with Crippen LogP contribution in [0.4, 0.5) is 5.69 Å². The largest absolute Gasteiger partial charge is 0.350 e. The van der Waals surface area contributed by atoms with Gasteiger partial charge in [0.1, 0.15) is 0 Å². The Morgan fingerprint density at radius 2 is 1.95 bits per heavy atom. The quantitative estimate of drug-likeness (QED) is 0.645. The molecule has 0 unspecified atom stereocenters. The Bertz CT molecular complexity index is 446. The first-order chi connectivity index (χ1) is 9.17. The van der Waals surface area contributed by atoms with Crippen molar-refractivity contribution in [2.75, 3.05) is 5.32 Å². The fraction of sp³-hybridized carbons (Fsp3) is 0.412. The van der Waals surface area contributed by atoms with Gasteiger partial charge >= 0.3 is 0 Å². The number of anilines is 1. The summed E-state index contributed by atoms with van der Waals surface area (Å²) in [5.74, 6) is 0. The Balaban J connectivity index is 2.74. The molecule has 0 aliphatic carbocycles. The number of thioether (sulfide) groups is 1. The van der Waals surface area contributed by atoms with Crippen LogP contribution in [0.3, 0.4) is 0 Å². The summed E-state index contributed by atoms with van der Waals surface area (Å²) >= 11 is 1.82. The second-order valence-corrected chi connectivity index (χ2v) is 5.91. The van der Waals surface area contributed by atoms with E-state index in [4.69, 9.17) is 0 Å². The standard InChI is InChI=1S/C17H25NS/c1-5-7-12-15(4)19-17(10-6-2)18-16-13-9-8-11-14(16)3/h8-13,18H,5-7H2,1-4H3/b15-12-,17-10-. The molecule has 1 aromatic rings. The molecule has 0 fully saturated rings. The zero-order valence-corrected chi connectivity index (χ0v) is 13.3. The lowest BCUT2D eigenvalue weighted by molar-refractivity contribution is 0.955. The lowest BCUT2D eigenvalue weighted by Crippen LogP contribution is -1.98. The summed E-state index contributed by atoms with van der Waals surface area (Å²) < 4.78 is 0. The molecular formula is C17H25NS. The number of allylic oxidation sites excluding steroid dienone is 3. The Labute approximate surface area is 122 Å². The van der Waals surface area contributed by atoms with Crippen molar-refractivity contribution < 1.29 is 0 Å². The number of benzene rings is 1. The third-order valence-corrected chi connectivity index (χ3v) is 3.76. The van der Waals surface area contributed by atoms with Crippen LogP contribution in [0.1, 0.15) is 45.6 Å². The van der Waals surface area contributed by atoms with Gasteiger partial charge in [0.2, 0.25) is 0 Å². The summed E-state index contributed by atoms with van der Waals surface area (Å²) in [4.78, 5) is 1.36. The van der Waals surface area contributed by atoms with Crippen LogP contribution in [0, 0.1) is 6.92 Å². The number of para-hydroxylation sites is 1. The average Bonchev–Trinajstić information content (AvgIpc) is 2.39. The molecule has 104 valence electrons. The Hall–Kier alpha value is -1.15. The molecule has 0 saturated heterocycles. The van der Waals surface area contributed by atoms with Gasteiger partial charge in [-0.3, -0.25) is 0 Å². The zero-order valence-electron chi connectivity index (χ0n) is 12.5. The molecule has 0 aliphatic rings. The number of unbranched alkanes of at least 4 members (excludes halogenated alkanes) is 1. The van der Waals surface area contributed by atoms with Crippen molar-refractivity contribution in [1.82, 2.24) is 0 Å². The molecular weight excluding hydrogens is 250 g/mol. The Kier molecular flexibility index (Phi) is 7.42. The van der Waals surface area contributed by atoms with Crippen molar-refractivity contribution in [3.63, 3.8) is 0 Å². The van der Waals surface area contributed by atoms with Crippen molar-refractivity contribution in [2.24, 2.45) is 0 Å². The first kappa shape index (κ1) is 15.9. The summed E-state index contributed by atoms with van der Waals surface area (Å²) in [5, 5.41) is 4.76. The van der Waals surface area contributed by atoms with Gasteiger partial charge in [0.15, 0.2) is 0 Å². The van der Waals surface area contributed by atoms with Crippen LogP contribution in [0.2, 0.25) is 0 Å². The molecule has 0 spiro atoms. The van der Waals surface area contributed by atoms with E-state index in [0.29, 0.717) is 0 Å². The van der Waals surface area contributed by atoms with Gasteiger partial charge in [0, 0.05) is 5.69 Å². The number of hydrogen-bond donors (Lipinski definition) is 1. The van der Waals surface area contributed by atoms with Crippen LogP contribution in [-0.4, -0.2) is 0 Å². The van der Waals surface area contributed by atoms with Gasteiger partial charge < -0.3 is 5.32 Å². The summed E-state index contributed by atoms with van der Waals surface area (Å²) in [6.45, 7) is 8.70. The van der Waals surface area contributed by atoms with E-state index >= 15 is 0 Å². The first-order valence-electron chi connectivity index (χ1n) is 7.04. The molecule has 1 nitrogen and oxygen atoms in total. The molecule has 0 saturated carbocycles. The minimum absolute atomic E-state index is 1.04. The molecule has 0 bridgehead atoms. The van der Waals surface area contributed by atoms with Crippen molar-refractivity contribution in [2.45, 2.75) is 47.0 Å². The normalized spacial score (nSPS) is 12.6. The van der Waals surface area contributed by atoms with Gasteiger partial charge in [-0.05, 0) is 43.2 Å². The molecule has 0 radical (unpaired) electrons. The van der Waals surface area contributed by atoms with Gasteiger partial charge in [-0.2, -0.15) is 0 Å². The molecule has 1 N–H and O–H groups in total. The summed E-state index contributed by atoms with van der Waals surface area (Å²) in [6, 6.07) is 8.41. The van der Waals surface area contributed by atoms with E-state index in [9.17, 15) is 0 Å². The predicted octanol–water partition coefficient (Wildman–Crippen LogP) is 6.10. The minimum Gasteiger partial charge on any atom is -0.350 e. The van der Waals surface area contributed by atoms with Gasteiger partial charge in [-0.25, -0.2) is 0 Å². The number of aryl methyl sites for hydroxylation is 1. The summed E-state index contributed by atoms with van der Waals surface area (Å²) in [6.07, 6.45) is 7.97. The van der Waals surface area contributed by atoms with Crippen LogP contribution in [0.15, 0.2) is 46.4 Å². The maximum Gasteiger partial charge on any atom is 0.0729 e. The van der Waals surface area contributed by atoms with Crippen LogP contribution >= 0.6 is 11.8 Å². The fourth-order valence-electron chi connectivity index (χ4n) is 1.71. The zero-order chi connectivity index (χ0) is 14.1. The topological polar surface area (TPSA) is 12.0 Å². The van der Waals surface area contributed by atoms with Gasteiger partial charge in [0.25, 0.3) is 0 Å². The summed E-state index contributed by atoms with van der Waals surface area (Å²) in [5.41, 5.74) is 2.47. The van der Waals surface area contributed by atoms with Crippen molar-refractivity contribution >= 4 is 17.4 Å². The third kappa shape index (κ3) is 6.02. The Morgan fingerprint density at radius 3 is 2.58 bits per heavy atom. The van der Waals surface area contributed by atoms with E-state index in [1.807, 2.05) is 11.8 Å². The SMILES string of the molecule is CC/C=C(/Nc1ccccc1C)S/C(C)=C\CCC. The molecule has 0 atom stereocenters. The van der Waals surface area contributed by atoms with Crippen molar-refractivity contribution in [3.8, 4) is 0 Å². The molecule has 1 rings (SSSR count). The van der Waals surface area contributed by atoms with E-state index in [1.54, 1.807) is 0 Å². The van der Waals surface area contributed by atoms with Crippen molar-refractivity contribution in [3.05, 3.63) is 51.9 Å². The van der Waals surface area contributed by atoms with Crippen LogP contribution in [0.25, 0.3) is 0 Å². The first-order valence-corrected chi connectivity index (χ1v) is 7.86. The van der Waals surface area contributed by atoms with Gasteiger partial charge in [-0.1, -0.05) is 62.4 Å². The van der Waals surface area contributed by atoms with E-state index < -0.39 is 0 Å². The molecule has 0 aliphatic heterocycles. The van der Waals surface area contributed by atoms with Crippen molar-refractivity contribution in [1.29, 1.82) is 0 Å². The fourth-order valence-corrected chi connectivity index (χ4v) is 2.67. The highest BCUT2D eigenvalue weighted by Crippen LogP contribution is 2.28. The second kappa shape index (κ2) is 8.87. The molecule has 19 heavy (non-hydrogen) atoms. The third-order valence-electron chi connectivity index (χ3n) is 2.78. The molecule has 0 heterocycles. The van der Waals surface area contributed by atoms with Crippen LogP contribution in [-0.2, 0) is 0 Å². The van der Waals surface area contributed by atoms with Crippen LogP contribution in [0.5, 0.6) is 0 Å². The maximum absolute atomic E-state index is 3.54. The van der Waals surface area contributed by atoms with E-state index in [1.165, 1.54) is 27.6 Å². The molecule has 0 amide bonds. The minimum atomic E-state index is 1.04. The van der Waals surface area contributed by atoms with E-state index in [-0.39, 0.29) is 0 Å². The molecule has 2 heteroatoms. The molecule has 0 aromatic heterocycles. The smallest absolute Gasteiger partial charge is 0.0729 e. The lowest BCUT2D eigenvalue weighted by Gasteiger charge is -2.13. The monoisotopic (exact) mass is 275 g/mol. The maximum atomic E-state index is 3.54. The van der Waals surface area contributed by atoms with E-state index in [2.05, 4.69) is 69.4 Å². The average molecular weight is 275 g/mol. The highest BCUT2D eigenvalue weighted by molar-refractivity contribution is 8.06. The number of rotatable bonds is 7. The second-order valence-electron chi connectivity index (χ2n) is 4.62. The highest BCUT2D eigenvalue weighted by Gasteiger charge is 2.02. The van der Waals surface area contributed by atoms with E-state index in [0.717, 1.165) is 12.8 Å². The predicted molar refractivity (Wildman–Crippen MR) is 89.4 cm³/mol.